The summed E-state index contributed by atoms with van der Waals surface area (Å²) in [6.45, 7) is 2.44. The summed E-state index contributed by atoms with van der Waals surface area (Å²) in [5.41, 5.74) is 0.594. The van der Waals surface area contributed by atoms with E-state index in [0.29, 0.717) is 36.2 Å². The zero-order valence-electron chi connectivity index (χ0n) is 17.7. The molecule has 0 aliphatic carbocycles. The van der Waals surface area contributed by atoms with Crippen molar-refractivity contribution in [1.82, 2.24) is 19.5 Å². The summed E-state index contributed by atoms with van der Waals surface area (Å²) in [7, 11) is 0. The van der Waals surface area contributed by atoms with Crippen molar-refractivity contribution in [1.29, 1.82) is 0 Å². The fourth-order valence-electron chi connectivity index (χ4n) is 3.91. The van der Waals surface area contributed by atoms with Crippen LogP contribution in [0.5, 0.6) is 0 Å². The van der Waals surface area contributed by atoms with E-state index in [1.54, 1.807) is 18.2 Å². The number of nitrogens with zero attached hydrogens (tertiary/aromatic N) is 4. The number of halogens is 4. The predicted octanol–water partition coefficient (Wildman–Crippen LogP) is 5.63. The molecule has 1 aliphatic heterocycles. The van der Waals surface area contributed by atoms with E-state index in [-0.39, 0.29) is 31.7 Å². The number of hydrogen-bond acceptors (Lipinski definition) is 7. The third kappa shape index (κ3) is 3.70. The van der Waals surface area contributed by atoms with Crippen LogP contribution in [0.4, 0.5) is 21.7 Å². The van der Waals surface area contributed by atoms with Crippen molar-refractivity contribution in [3.8, 4) is 5.69 Å². The Balaban J connectivity index is 1.78. The number of hydrogen-bond donors (Lipinski definition) is 3. The normalized spacial score (nSPS) is 13.3. The maximum Gasteiger partial charge on any atom is 0.267 e. The number of para-hydroxylation sites is 1. The summed E-state index contributed by atoms with van der Waals surface area (Å²) < 4.78 is 15.5. The molecule has 0 bridgehead atoms. The van der Waals surface area contributed by atoms with Gasteiger partial charge in [0.15, 0.2) is 11.6 Å². The van der Waals surface area contributed by atoms with Crippen LogP contribution in [0.25, 0.3) is 16.6 Å². The first-order valence-electron chi connectivity index (χ1n) is 10.3. The second kappa shape index (κ2) is 8.90. The number of anilines is 3. The number of benzene rings is 2. The van der Waals surface area contributed by atoms with Crippen molar-refractivity contribution in [3.05, 3.63) is 73.7 Å². The second-order valence-corrected chi connectivity index (χ2v) is 8.71. The fourth-order valence-corrected chi connectivity index (χ4v) is 4.71. The van der Waals surface area contributed by atoms with E-state index in [0.717, 1.165) is 0 Å². The van der Waals surface area contributed by atoms with Crippen LogP contribution in [0.2, 0.25) is 15.1 Å². The average molecular weight is 521 g/mol. The first-order chi connectivity index (χ1) is 16.4. The number of rotatable bonds is 5. The highest BCUT2D eigenvalue weighted by Gasteiger charge is 2.26. The summed E-state index contributed by atoms with van der Waals surface area (Å²) in [5, 5.41) is 9.71. The predicted molar refractivity (Wildman–Crippen MR) is 133 cm³/mol. The van der Waals surface area contributed by atoms with Gasteiger partial charge in [0, 0.05) is 0 Å². The molecule has 0 saturated heterocycles. The van der Waals surface area contributed by atoms with Crippen LogP contribution < -0.4 is 21.5 Å². The minimum atomic E-state index is -0.724. The molecule has 1 atom stereocenters. The van der Waals surface area contributed by atoms with Crippen molar-refractivity contribution >= 4 is 63.0 Å². The molecule has 8 nitrogen and oxygen atoms in total. The fraction of sp³-hybridized carbons (Fsp3) is 0.182. The Morgan fingerprint density at radius 2 is 1.91 bits per heavy atom. The molecule has 0 fully saturated rings. The van der Waals surface area contributed by atoms with Gasteiger partial charge in [0.05, 0.1) is 44.4 Å². The van der Waals surface area contributed by atoms with Crippen molar-refractivity contribution < 1.29 is 4.39 Å². The van der Waals surface area contributed by atoms with E-state index >= 15 is 0 Å². The summed E-state index contributed by atoms with van der Waals surface area (Å²) in [4.78, 5) is 27.0. The lowest BCUT2D eigenvalue weighted by Gasteiger charge is -2.24. The highest BCUT2D eigenvalue weighted by atomic mass is 35.5. The van der Waals surface area contributed by atoms with E-state index in [2.05, 4.69) is 25.9 Å². The van der Waals surface area contributed by atoms with Gasteiger partial charge in [-0.3, -0.25) is 9.36 Å². The van der Waals surface area contributed by atoms with Crippen LogP contribution in [0.1, 0.15) is 25.2 Å². The SMILES string of the molecule is CCC(Nc1ncnc2c1NCN2)c1nc2ccc(F)c(Cl)c2c(=O)n1-c1c(Cl)cccc1Cl. The molecule has 0 amide bonds. The molecular weight excluding hydrogens is 504 g/mol. The van der Waals surface area contributed by atoms with Gasteiger partial charge in [0.25, 0.3) is 5.56 Å². The van der Waals surface area contributed by atoms with Gasteiger partial charge >= 0.3 is 0 Å². The molecule has 1 unspecified atom stereocenters. The maximum atomic E-state index is 14.3. The molecule has 2 aromatic heterocycles. The van der Waals surface area contributed by atoms with Crippen molar-refractivity contribution in [3.63, 3.8) is 0 Å². The van der Waals surface area contributed by atoms with Gasteiger partial charge in [-0.1, -0.05) is 47.8 Å². The molecule has 12 heteroatoms. The third-order valence-electron chi connectivity index (χ3n) is 5.51. The lowest BCUT2D eigenvalue weighted by molar-refractivity contribution is 0.628. The van der Waals surface area contributed by atoms with Crippen LogP contribution in [0, 0.1) is 5.82 Å². The van der Waals surface area contributed by atoms with Gasteiger partial charge in [-0.25, -0.2) is 19.3 Å². The Morgan fingerprint density at radius 3 is 2.65 bits per heavy atom. The molecule has 34 heavy (non-hydrogen) atoms. The zero-order chi connectivity index (χ0) is 24.0. The van der Waals surface area contributed by atoms with E-state index in [4.69, 9.17) is 39.8 Å². The zero-order valence-corrected chi connectivity index (χ0v) is 19.9. The summed E-state index contributed by atoms with van der Waals surface area (Å²) in [6, 6.07) is 6.97. The van der Waals surface area contributed by atoms with Crippen molar-refractivity contribution in [2.45, 2.75) is 19.4 Å². The molecule has 0 radical (unpaired) electrons. The minimum Gasteiger partial charge on any atom is -0.362 e. The second-order valence-electron chi connectivity index (χ2n) is 7.52. The molecule has 0 saturated carbocycles. The summed E-state index contributed by atoms with van der Waals surface area (Å²) in [5.74, 6) is 0.784. The first-order valence-corrected chi connectivity index (χ1v) is 11.5. The van der Waals surface area contributed by atoms with Gasteiger partial charge in [-0.05, 0) is 30.7 Å². The molecule has 0 spiro atoms. The molecular formula is C22H17Cl3FN7O. The van der Waals surface area contributed by atoms with E-state index in [9.17, 15) is 9.18 Å². The smallest absolute Gasteiger partial charge is 0.267 e. The van der Waals surface area contributed by atoms with Gasteiger partial charge < -0.3 is 16.0 Å². The van der Waals surface area contributed by atoms with Crippen LogP contribution >= 0.6 is 34.8 Å². The summed E-state index contributed by atoms with van der Waals surface area (Å²) >= 11 is 19.1. The molecule has 2 aromatic carbocycles. The molecule has 3 N–H and O–H groups in total. The average Bonchev–Trinajstić information content (AvgIpc) is 3.30. The molecule has 1 aliphatic rings. The minimum absolute atomic E-state index is 0.0648. The molecule has 174 valence electrons. The van der Waals surface area contributed by atoms with Crippen LogP contribution in [0.15, 0.2) is 41.5 Å². The highest BCUT2D eigenvalue weighted by Crippen LogP contribution is 2.35. The van der Waals surface area contributed by atoms with Crippen LogP contribution in [0.3, 0.4) is 0 Å². The molecule has 5 rings (SSSR count). The largest absolute Gasteiger partial charge is 0.362 e. The van der Waals surface area contributed by atoms with E-state index in [1.807, 2.05) is 6.92 Å². The van der Waals surface area contributed by atoms with E-state index < -0.39 is 17.4 Å². The Morgan fingerprint density at radius 1 is 1.15 bits per heavy atom. The Labute approximate surface area is 208 Å². The lowest BCUT2D eigenvalue weighted by atomic mass is 10.1. The van der Waals surface area contributed by atoms with Gasteiger partial charge in [0.1, 0.15) is 23.7 Å². The Bertz CT molecular complexity index is 1470. The number of aromatic nitrogens is 4. The van der Waals surface area contributed by atoms with E-state index in [1.165, 1.54) is 23.0 Å². The summed E-state index contributed by atoms with van der Waals surface area (Å²) in [6.07, 6.45) is 1.95. The standard InChI is InChI=1S/C22H17Cl3FN7O/c1-2-13(31-20-17-19(28-8-27-17)29-9-30-20)21-32-14-7-6-12(26)16(25)15(14)22(34)33(21)18-10(23)4-3-5-11(18)24/h3-7,9,13,27H,2,8H2,1H3,(H2,28,29,30,31). The first kappa shape index (κ1) is 22.6. The number of fused-ring (bicyclic) bond motifs is 2. The third-order valence-corrected chi connectivity index (χ3v) is 6.49. The lowest BCUT2D eigenvalue weighted by Crippen LogP contribution is -2.29. The highest BCUT2D eigenvalue weighted by molar-refractivity contribution is 6.38. The van der Waals surface area contributed by atoms with Gasteiger partial charge in [0.2, 0.25) is 0 Å². The monoisotopic (exact) mass is 519 g/mol. The number of nitrogens with one attached hydrogen (secondary N) is 3. The maximum absolute atomic E-state index is 14.3. The van der Waals surface area contributed by atoms with Crippen LogP contribution in [-0.2, 0) is 0 Å². The van der Waals surface area contributed by atoms with Crippen molar-refractivity contribution in [2.24, 2.45) is 0 Å². The molecule has 4 aromatic rings. The van der Waals surface area contributed by atoms with Gasteiger partial charge in [-0.15, -0.1) is 0 Å². The van der Waals surface area contributed by atoms with Crippen LogP contribution in [-0.4, -0.2) is 26.2 Å². The molecule has 3 heterocycles. The van der Waals surface area contributed by atoms with Crippen molar-refractivity contribution in [2.75, 3.05) is 22.6 Å². The quantitative estimate of drug-likeness (QED) is 0.314. The topological polar surface area (TPSA) is 96.8 Å². The Hall–Kier alpha value is -3.14. The van der Waals surface area contributed by atoms with Gasteiger partial charge in [-0.2, -0.15) is 0 Å². The Kier molecular flexibility index (Phi) is 5.93.